The van der Waals surface area contributed by atoms with Crippen LogP contribution >= 0.6 is 24.0 Å². The van der Waals surface area contributed by atoms with E-state index in [1.54, 1.807) is 13.4 Å². The minimum absolute atomic E-state index is 0. The van der Waals surface area contributed by atoms with Gasteiger partial charge in [-0.1, -0.05) is 25.9 Å². The van der Waals surface area contributed by atoms with E-state index < -0.39 is 0 Å². The van der Waals surface area contributed by atoms with Crippen LogP contribution in [-0.2, 0) is 11.3 Å². The summed E-state index contributed by atoms with van der Waals surface area (Å²) in [4.78, 5) is 9.56. The fraction of sp³-hybridized carbons (Fsp3) is 0.778. The van der Waals surface area contributed by atoms with Crippen LogP contribution in [0.25, 0.3) is 0 Å². The Morgan fingerprint density at radius 1 is 1.35 bits per heavy atom. The smallest absolute Gasteiger partial charge is 0.194 e. The number of guanidine groups is 1. The molecule has 1 saturated heterocycles. The van der Waals surface area contributed by atoms with Crippen molar-refractivity contribution < 1.29 is 9.26 Å². The average molecular weight is 479 g/mol. The van der Waals surface area contributed by atoms with Crippen LogP contribution in [0.1, 0.15) is 33.4 Å². The second-order valence-corrected chi connectivity index (χ2v) is 7.54. The summed E-state index contributed by atoms with van der Waals surface area (Å²) in [6.07, 6.45) is 1.73. The fourth-order valence-electron chi connectivity index (χ4n) is 2.96. The number of hydrogen-bond donors (Lipinski definition) is 1. The van der Waals surface area contributed by atoms with Gasteiger partial charge in [-0.05, 0) is 12.3 Å². The number of aromatic nitrogens is 1. The molecule has 1 aromatic rings. The SMILES string of the molecule is CCNC(=NCC(OC)C(C)(C)C)N1CCN(Cc2ccon2)CC1.I. The van der Waals surface area contributed by atoms with Crippen LogP contribution in [0.15, 0.2) is 21.8 Å². The molecule has 1 aliphatic rings. The zero-order chi connectivity index (χ0) is 18.3. The van der Waals surface area contributed by atoms with Gasteiger partial charge in [-0.15, -0.1) is 24.0 Å². The molecule has 8 heteroatoms. The zero-order valence-corrected chi connectivity index (χ0v) is 19.0. The molecule has 150 valence electrons. The van der Waals surface area contributed by atoms with Crippen LogP contribution in [-0.4, -0.2) is 73.4 Å². The molecule has 2 rings (SSSR count). The van der Waals surface area contributed by atoms with Crippen LogP contribution < -0.4 is 5.32 Å². The van der Waals surface area contributed by atoms with E-state index in [0.29, 0.717) is 6.54 Å². The summed E-state index contributed by atoms with van der Waals surface area (Å²) in [5.41, 5.74) is 1.06. The van der Waals surface area contributed by atoms with E-state index in [-0.39, 0.29) is 35.5 Å². The third-order valence-electron chi connectivity index (χ3n) is 4.54. The molecule has 1 aliphatic heterocycles. The van der Waals surface area contributed by atoms with Gasteiger partial charge in [-0.3, -0.25) is 9.89 Å². The van der Waals surface area contributed by atoms with Crippen molar-refractivity contribution in [3.8, 4) is 0 Å². The fourth-order valence-corrected chi connectivity index (χ4v) is 2.96. The summed E-state index contributed by atoms with van der Waals surface area (Å²) in [6.45, 7) is 14.9. The summed E-state index contributed by atoms with van der Waals surface area (Å²) in [7, 11) is 1.76. The van der Waals surface area contributed by atoms with Gasteiger partial charge in [0, 0.05) is 52.4 Å². The van der Waals surface area contributed by atoms with Crippen LogP contribution in [0.2, 0.25) is 0 Å². The van der Waals surface area contributed by atoms with Gasteiger partial charge in [0.2, 0.25) is 0 Å². The van der Waals surface area contributed by atoms with Crippen molar-refractivity contribution >= 4 is 29.9 Å². The number of piperazine rings is 1. The molecule has 1 unspecified atom stereocenters. The first-order chi connectivity index (χ1) is 11.9. The number of halogens is 1. The number of hydrogen-bond acceptors (Lipinski definition) is 5. The number of nitrogens with zero attached hydrogens (tertiary/aromatic N) is 4. The maximum Gasteiger partial charge on any atom is 0.194 e. The highest BCUT2D eigenvalue weighted by Gasteiger charge is 2.25. The summed E-state index contributed by atoms with van der Waals surface area (Å²) in [6, 6.07) is 1.93. The van der Waals surface area contributed by atoms with E-state index in [0.717, 1.165) is 50.9 Å². The largest absolute Gasteiger partial charge is 0.379 e. The first-order valence-electron chi connectivity index (χ1n) is 9.11. The maximum atomic E-state index is 5.63. The van der Waals surface area contributed by atoms with Crippen LogP contribution in [0, 0.1) is 5.41 Å². The second kappa shape index (κ2) is 11.1. The van der Waals surface area contributed by atoms with Gasteiger partial charge in [0.05, 0.1) is 18.3 Å². The molecule has 0 saturated carbocycles. The molecule has 0 radical (unpaired) electrons. The van der Waals surface area contributed by atoms with E-state index in [1.165, 1.54) is 0 Å². The predicted octanol–water partition coefficient (Wildman–Crippen LogP) is 2.44. The Morgan fingerprint density at radius 3 is 2.54 bits per heavy atom. The molecule has 1 aromatic heterocycles. The summed E-state index contributed by atoms with van der Waals surface area (Å²) >= 11 is 0. The number of rotatable bonds is 6. The molecule has 7 nitrogen and oxygen atoms in total. The molecule has 1 fully saturated rings. The van der Waals surface area contributed by atoms with Crippen molar-refractivity contribution in [1.82, 2.24) is 20.3 Å². The first kappa shape index (κ1) is 23.2. The molecule has 2 heterocycles. The Kier molecular flexibility index (Phi) is 9.88. The van der Waals surface area contributed by atoms with Crippen molar-refractivity contribution in [2.75, 3.05) is 46.4 Å². The Hall–Kier alpha value is -0.870. The van der Waals surface area contributed by atoms with Crippen LogP contribution in [0.3, 0.4) is 0 Å². The Morgan fingerprint density at radius 2 is 2.04 bits per heavy atom. The van der Waals surface area contributed by atoms with Crippen LogP contribution in [0.5, 0.6) is 0 Å². The van der Waals surface area contributed by atoms with Crippen molar-refractivity contribution in [2.24, 2.45) is 10.4 Å². The van der Waals surface area contributed by atoms with Gasteiger partial charge in [0.1, 0.15) is 6.26 Å². The summed E-state index contributed by atoms with van der Waals surface area (Å²) in [5.74, 6) is 0.981. The van der Waals surface area contributed by atoms with Crippen molar-refractivity contribution in [3.05, 3.63) is 18.0 Å². The van der Waals surface area contributed by atoms with Gasteiger partial charge in [-0.25, -0.2) is 0 Å². The normalized spacial score (nSPS) is 17.7. The minimum Gasteiger partial charge on any atom is -0.379 e. The third-order valence-corrected chi connectivity index (χ3v) is 4.54. The molecule has 1 atom stereocenters. The predicted molar refractivity (Wildman–Crippen MR) is 115 cm³/mol. The van der Waals surface area contributed by atoms with Gasteiger partial charge >= 0.3 is 0 Å². The maximum absolute atomic E-state index is 5.63. The van der Waals surface area contributed by atoms with Crippen molar-refractivity contribution in [2.45, 2.75) is 40.3 Å². The van der Waals surface area contributed by atoms with Crippen LogP contribution in [0.4, 0.5) is 0 Å². The molecule has 0 amide bonds. The molecular formula is C18H34IN5O2. The van der Waals surface area contributed by atoms with E-state index in [4.69, 9.17) is 14.3 Å². The van der Waals surface area contributed by atoms with E-state index in [9.17, 15) is 0 Å². The average Bonchev–Trinajstić information content (AvgIpc) is 3.07. The van der Waals surface area contributed by atoms with Gasteiger partial charge in [0.25, 0.3) is 0 Å². The third kappa shape index (κ3) is 7.03. The molecule has 0 aromatic carbocycles. The lowest BCUT2D eigenvalue weighted by molar-refractivity contribution is 0.0239. The van der Waals surface area contributed by atoms with Crippen molar-refractivity contribution in [3.63, 3.8) is 0 Å². The molecule has 0 spiro atoms. The van der Waals surface area contributed by atoms with E-state index in [2.05, 4.69) is 48.0 Å². The number of methoxy groups -OCH3 is 1. The van der Waals surface area contributed by atoms with Crippen molar-refractivity contribution in [1.29, 1.82) is 0 Å². The lowest BCUT2D eigenvalue weighted by Gasteiger charge is -2.36. The highest BCUT2D eigenvalue weighted by atomic mass is 127. The Bertz CT molecular complexity index is 522. The molecular weight excluding hydrogens is 445 g/mol. The minimum atomic E-state index is 0. The van der Waals surface area contributed by atoms with Gasteiger partial charge in [0.15, 0.2) is 5.96 Å². The topological polar surface area (TPSA) is 66.1 Å². The van der Waals surface area contributed by atoms with Gasteiger partial charge < -0.3 is 19.5 Å². The standard InChI is InChI=1S/C18H33N5O2.HI/c1-6-19-17(20-13-16(24-5)18(2,3)4)23-10-8-22(9-11-23)14-15-7-12-25-21-15;/h7,12,16H,6,8-11,13-14H2,1-5H3,(H,19,20);1H. The number of aliphatic imine (C=N–C) groups is 1. The van der Waals surface area contributed by atoms with E-state index in [1.807, 2.05) is 6.07 Å². The summed E-state index contributed by atoms with van der Waals surface area (Å²) < 4.78 is 10.5. The number of ether oxygens (including phenoxy) is 1. The highest BCUT2D eigenvalue weighted by molar-refractivity contribution is 14.0. The lowest BCUT2D eigenvalue weighted by atomic mass is 9.89. The Balaban J connectivity index is 0.00000338. The lowest BCUT2D eigenvalue weighted by Crippen LogP contribution is -2.52. The molecule has 26 heavy (non-hydrogen) atoms. The monoisotopic (exact) mass is 479 g/mol. The zero-order valence-electron chi connectivity index (χ0n) is 16.7. The highest BCUT2D eigenvalue weighted by Crippen LogP contribution is 2.22. The Labute approximate surface area is 174 Å². The number of nitrogens with one attached hydrogen (secondary N) is 1. The quantitative estimate of drug-likeness (QED) is 0.384. The molecule has 0 bridgehead atoms. The molecule has 1 N–H and O–H groups in total. The first-order valence-corrected chi connectivity index (χ1v) is 9.11. The van der Waals surface area contributed by atoms with E-state index >= 15 is 0 Å². The molecule has 0 aliphatic carbocycles. The van der Waals surface area contributed by atoms with Gasteiger partial charge in [-0.2, -0.15) is 0 Å². The summed E-state index contributed by atoms with van der Waals surface area (Å²) in [5, 5.41) is 7.41. The second-order valence-electron chi connectivity index (χ2n) is 7.54.